The molecule has 0 bridgehead atoms. The third-order valence-electron chi connectivity index (χ3n) is 1.86. The molecule has 0 radical (unpaired) electrons. The van der Waals surface area contributed by atoms with Gasteiger partial charge in [0.25, 0.3) is 0 Å². The maximum atomic E-state index is 10.8. The van der Waals surface area contributed by atoms with Crippen LogP contribution in [0.2, 0.25) is 0 Å². The van der Waals surface area contributed by atoms with Gasteiger partial charge in [-0.1, -0.05) is 13.3 Å². The van der Waals surface area contributed by atoms with E-state index in [-0.39, 0.29) is 59.1 Å². The van der Waals surface area contributed by atoms with Gasteiger partial charge in [-0.05, 0) is 12.8 Å². The van der Waals surface area contributed by atoms with Crippen LogP contribution in [0.1, 0.15) is 32.6 Å². The summed E-state index contributed by atoms with van der Waals surface area (Å²) in [7, 11) is 0. The summed E-state index contributed by atoms with van der Waals surface area (Å²) in [6.45, 7) is 2.03. The van der Waals surface area contributed by atoms with Crippen molar-refractivity contribution >= 4 is 64.9 Å². The normalized spacial score (nSPS) is 24.5. The third kappa shape index (κ3) is 4.53. The Morgan fingerprint density at radius 3 is 2.20 bits per heavy atom. The molecule has 0 aliphatic heterocycles. The quantitative estimate of drug-likeness (QED) is 0.471. The van der Waals surface area contributed by atoms with Gasteiger partial charge < -0.3 is 0 Å². The van der Waals surface area contributed by atoms with Crippen LogP contribution in [0.3, 0.4) is 0 Å². The molecule has 1 fully saturated rings. The summed E-state index contributed by atoms with van der Waals surface area (Å²) < 4.78 is 0. The van der Waals surface area contributed by atoms with E-state index < -0.39 is 0 Å². The molecule has 1 rings (SSSR count). The number of hydrogen-bond donors (Lipinski definition) is 0. The Labute approximate surface area is 107 Å². The molecule has 0 aromatic heterocycles. The molecule has 0 N–H and O–H groups in total. The third-order valence-corrected chi connectivity index (χ3v) is 1.86. The molecule has 50 valence electrons. The van der Waals surface area contributed by atoms with E-state index in [9.17, 15) is 4.79 Å². The average Bonchev–Trinajstić information content (AvgIpc) is 1.77. The van der Waals surface area contributed by atoms with Crippen LogP contribution in [0.15, 0.2) is 0 Å². The van der Waals surface area contributed by atoms with Gasteiger partial charge in [-0.3, -0.25) is 4.79 Å². The number of Topliss-reactive ketones (excluding diaryl/α,β-unsaturated/α-hetero) is 1. The van der Waals surface area contributed by atoms with E-state index >= 15 is 0 Å². The van der Waals surface area contributed by atoms with Crippen LogP contribution in [0, 0.1) is 5.92 Å². The summed E-state index contributed by atoms with van der Waals surface area (Å²) in [5, 5.41) is 0. The van der Waals surface area contributed by atoms with Crippen molar-refractivity contribution in [3.05, 3.63) is 0 Å². The van der Waals surface area contributed by atoms with Gasteiger partial charge in [-0.15, -0.1) is 0 Å². The van der Waals surface area contributed by atoms with Crippen LogP contribution >= 0.6 is 0 Å². The monoisotopic (exact) mass is 160 g/mol. The molecule has 10 heavy (non-hydrogen) atoms. The van der Waals surface area contributed by atoms with E-state index in [1.165, 1.54) is 6.42 Å². The Morgan fingerprint density at radius 1 is 1.30 bits per heavy atom. The Bertz CT molecular complexity index is 104. The molecule has 1 atom stereocenters. The molecule has 3 heteroatoms. The van der Waals surface area contributed by atoms with Crippen LogP contribution in [-0.4, -0.2) is 64.9 Å². The SMILES string of the molecule is CC1CCCCC1=O.[NaH].[NaH]. The van der Waals surface area contributed by atoms with Crippen molar-refractivity contribution in [2.45, 2.75) is 32.6 Å². The fraction of sp³-hybridized carbons (Fsp3) is 0.857. The molecule has 1 unspecified atom stereocenters. The molecule has 1 aliphatic rings. The zero-order valence-electron chi connectivity index (χ0n) is 5.31. The molecule has 0 amide bonds. The number of carbonyl (C=O) groups excluding carboxylic acids is 1. The molecule has 0 saturated heterocycles. The van der Waals surface area contributed by atoms with Gasteiger partial charge in [0, 0.05) is 12.3 Å². The van der Waals surface area contributed by atoms with Crippen molar-refractivity contribution in [3.8, 4) is 0 Å². The molecule has 0 aromatic carbocycles. The van der Waals surface area contributed by atoms with Gasteiger partial charge in [0.2, 0.25) is 0 Å². The van der Waals surface area contributed by atoms with Gasteiger partial charge in [0.05, 0.1) is 0 Å². The maximum absolute atomic E-state index is 10.8. The Kier molecular flexibility index (Phi) is 10.4. The second kappa shape index (κ2) is 7.33. The number of carbonyl (C=O) groups is 1. The Morgan fingerprint density at radius 2 is 1.90 bits per heavy atom. The van der Waals surface area contributed by atoms with Gasteiger partial charge in [-0.25, -0.2) is 0 Å². The first kappa shape index (κ1) is 14.2. The summed E-state index contributed by atoms with van der Waals surface area (Å²) in [4.78, 5) is 10.8. The first-order valence-corrected chi connectivity index (χ1v) is 3.33. The van der Waals surface area contributed by atoms with Crippen molar-refractivity contribution in [2.75, 3.05) is 0 Å². The molecular formula is C7H14Na2O. The minimum atomic E-state index is 0. The molecule has 0 aromatic rings. The van der Waals surface area contributed by atoms with Crippen molar-refractivity contribution in [1.29, 1.82) is 0 Å². The second-order valence-electron chi connectivity index (χ2n) is 2.61. The fourth-order valence-corrected chi connectivity index (χ4v) is 1.16. The molecule has 1 saturated carbocycles. The fourth-order valence-electron chi connectivity index (χ4n) is 1.16. The number of ketones is 1. The standard InChI is InChI=1S/C7H12O.2Na.2H/c1-6-4-2-3-5-7(6)8;;;;/h6H,2-5H2,1H3;;;;. The van der Waals surface area contributed by atoms with Crippen LogP contribution in [-0.2, 0) is 4.79 Å². The topological polar surface area (TPSA) is 17.1 Å². The molecule has 1 nitrogen and oxygen atoms in total. The zero-order valence-corrected chi connectivity index (χ0v) is 5.31. The van der Waals surface area contributed by atoms with Crippen molar-refractivity contribution in [1.82, 2.24) is 0 Å². The zero-order chi connectivity index (χ0) is 5.98. The summed E-state index contributed by atoms with van der Waals surface area (Å²) in [6, 6.07) is 0. The summed E-state index contributed by atoms with van der Waals surface area (Å²) in [5.41, 5.74) is 0. The van der Waals surface area contributed by atoms with E-state index in [1.807, 2.05) is 6.92 Å². The predicted octanol–water partition coefficient (Wildman–Crippen LogP) is 0.469. The van der Waals surface area contributed by atoms with Gasteiger partial charge in [0.15, 0.2) is 0 Å². The average molecular weight is 160 g/mol. The Hall–Kier alpha value is 1.67. The first-order chi connectivity index (χ1) is 3.80. The van der Waals surface area contributed by atoms with E-state index in [2.05, 4.69) is 0 Å². The summed E-state index contributed by atoms with van der Waals surface area (Å²) in [5.74, 6) is 0.833. The molecule has 0 heterocycles. The van der Waals surface area contributed by atoms with Crippen LogP contribution in [0.5, 0.6) is 0 Å². The van der Waals surface area contributed by atoms with E-state index in [0.29, 0.717) is 11.7 Å². The van der Waals surface area contributed by atoms with Crippen molar-refractivity contribution in [2.24, 2.45) is 5.92 Å². The molecule has 0 spiro atoms. The predicted molar refractivity (Wildman–Crippen MR) is 46.9 cm³/mol. The van der Waals surface area contributed by atoms with Gasteiger partial charge in [-0.2, -0.15) is 0 Å². The van der Waals surface area contributed by atoms with E-state index in [4.69, 9.17) is 0 Å². The van der Waals surface area contributed by atoms with Crippen LogP contribution < -0.4 is 0 Å². The summed E-state index contributed by atoms with van der Waals surface area (Å²) in [6.07, 6.45) is 4.34. The molecular weight excluding hydrogens is 146 g/mol. The van der Waals surface area contributed by atoms with Crippen molar-refractivity contribution < 1.29 is 4.79 Å². The number of rotatable bonds is 0. The van der Waals surface area contributed by atoms with Crippen LogP contribution in [0.25, 0.3) is 0 Å². The van der Waals surface area contributed by atoms with E-state index in [0.717, 1.165) is 19.3 Å². The summed E-state index contributed by atoms with van der Waals surface area (Å²) >= 11 is 0. The van der Waals surface area contributed by atoms with Crippen molar-refractivity contribution in [3.63, 3.8) is 0 Å². The van der Waals surface area contributed by atoms with E-state index in [1.54, 1.807) is 0 Å². The number of hydrogen-bond acceptors (Lipinski definition) is 1. The van der Waals surface area contributed by atoms with Gasteiger partial charge in [0.1, 0.15) is 5.78 Å². The minimum absolute atomic E-state index is 0. The second-order valence-corrected chi connectivity index (χ2v) is 2.61. The van der Waals surface area contributed by atoms with Crippen LogP contribution in [0.4, 0.5) is 0 Å². The first-order valence-electron chi connectivity index (χ1n) is 3.33. The molecule has 1 aliphatic carbocycles. The Balaban J connectivity index is 0. The van der Waals surface area contributed by atoms with Gasteiger partial charge >= 0.3 is 59.1 Å².